The number of carbonyl (C=O) groups is 1. The van der Waals surface area contributed by atoms with Crippen LogP contribution in [0.4, 0.5) is 10.6 Å². The molecule has 1 amide bonds. The minimum atomic E-state index is -0.529. The molecule has 1 aromatic heterocycles. The van der Waals surface area contributed by atoms with Gasteiger partial charge in [0.25, 0.3) is 0 Å². The highest BCUT2D eigenvalue weighted by Gasteiger charge is 2.28. The maximum atomic E-state index is 12.2. The molecule has 0 radical (unpaired) electrons. The number of amides is 1. The number of hydrogen-bond donors (Lipinski definition) is 0. The highest BCUT2D eigenvalue weighted by atomic mass is 16.6. The second-order valence-electron chi connectivity index (χ2n) is 9.10. The number of rotatable bonds is 5. The molecular weight excluding hydrogens is 428 g/mol. The summed E-state index contributed by atoms with van der Waals surface area (Å²) in [6.07, 6.45) is 4.37. The Kier molecular flexibility index (Phi) is 6.26. The number of imidazole rings is 1. The van der Waals surface area contributed by atoms with Crippen molar-refractivity contribution in [3.05, 3.63) is 52.2 Å². The van der Waals surface area contributed by atoms with E-state index in [1.54, 1.807) is 9.47 Å². The topological polar surface area (TPSA) is 109 Å². The molecule has 1 atom stereocenters. The van der Waals surface area contributed by atoms with Gasteiger partial charge in [-0.2, -0.15) is 0 Å². The largest absolute Gasteiger partial charge is 0.490 e. The van der Waals surface area contributed by atoms with Gasteiger partial charge in [0.2, 0.25) is 0 Å². The minimum Gasteiger partial charge on any atom is -0.490 e. The molecule has 0 saturated heterocycles. The first-order chi connectivity index (χ1) is 15.7. The molecule has 0 N–H and O–H groups in total. The molecule has 2 aromatic rings. The van der Waals surface area contributed by atoms with E-state index in [0.29, 0.717) is 38.4 Å². The molecule has 0 bridgehead atoms. The van der Waals surface area contributed by atoms with Crippen LogP contribution in [0.5, 0.6) is 11.8 Å². The average molecular weight is 456 g/mol. The van der Waals surface area contributed by atoms with Crippen molar-refractivity contribution in [3.63, 3.8) is 0 Å². The molecule has 2 aliphatic rings. The number of nitrogens with zero attached hydrogens (tertiary/aromatic N) is 4. The molecule has 33 heavy (non-hydrogen) atoms. The van der Waals surface area contributed by atoms with Gasteiger partial charge in [0, 0.05) is 31.0 Å². The Balaban J connectivity index is 1.28. The second kappa shape index (κ2) is 9.13. The van der Waals surface area contributed by atoms with Crippen LogP contribution in [-0.4, -0.2) is 56.9 Å². The van der Waals surface area contributed by atoms with Crippen molar-refractivity contribution in [2.45, 2.75) is 51.9 Å². The maximum absolute atomic E-state index is 12.2. The van der Waals surface area contributed by atoms with E-state index in [9.17, 15) is 14.9 Å². The van der Waals surface area contributed by atoms with Gasteiger partial charge in [-0.1, -0.05) is 18.2 Å². The molecule has 2 aliphatic heterocycles. The van der Waals surface area contributed by atoms with Crippen LogP contribution in [0.2, 0.25) is 0 Å². The van der Waals surface area contributed by atoms with E-state index in [2.05, 4.69) is 11.1 Å². The number of nitro groups is 1. The fraction of sp³-hybridized carbons (Fsp3) is 0.478. The molecule has 0 unspecified atom stereocenters. The maximum Gasteiger partial charge on any atom is 0.414 e. The van der Waals surface area contributed by atoms with Crippen LogP contribution in [0, 0.1) is 10.1 Å². The second-order valence-corrected chi connectivity index (χ2v) is 9.10. The minimum absolute atomic E-state index is 0.214. The van der Waals surface area contributed by atoms with Crippen molar-refractivity contribution in [2.24, 2.45) is 0 Å². The summed E-state index contributed by atoms with van der Waals surface area (Å²) < 4.78 is 18.7. The van der Waals surface area contributed by atoms with Gasteiger partial charge in [-0.25, -0.2) is 4.79 Å². The normalized spacial score (nSPS) is 18.1. The summed E-state index contributed by atoms with van der Waals surface area (Å²) >= 11 is 0. The Morgan fingerprint density at radius 1 is 1.27 bits per heavy atom. The lowest BCUT2D eigenvalue weighted by Crippen LogP contribution is -2.39. The zero-order chi connectivity index (χ0) is 23.6. The molecule has 0 saturated carbocycles. The smallest absolute Gasteiger partial charge is 0.414 e. The molecule has 0 spiro atoms. The summed E-state index contributed by atoms with van der Waals surface area (Å²) in [6.45, 7) is 7.65. The van der Waals surface area contributed by atoms with E-state index in [0.717, 1.165) is 12.0 Å². The van der Waals surface area contributed by atoms with Gasteiger partial charge in [-0.15, -0.1) is 0 Å². The van der Waals surface area contributed by atoms with E-state index in [-0.39, 0.29) is 24.0 Å². The van der Waals surface area contributed by atoms with Crippen LogP contribution in [0.1, 0.15) is 39.2 Å². The van der Waals surface area contributed by atoms with Crippen LogP contribution >= 0.6 is 0 Å². The number of hydrogen-bond acceptors (Lipinski definition) is 7. The quantitative estimate of drug-likeness (QED) is 0.493. The molecule has 10 heteroatoms. The third kappa shape index (κ3) is 5.63. The Hall–Kier alpha value is -3.56. The molecule has 0 aliphatic carbocycles. The van der Waals surface area contributed by atoms with Crippen LogP contribution in [0.15, 0.2) is 36.5 Å². The molecule has 4 rings (SSSR count). The molecule has 10 nitrogen and oxygen atoms in total. The predicted octanol–water partition coefficient (Wildman–Crippen LogP) is 4.05. The lowest BCUT2D eigenvalue weighted by atomic mass is 9.99. The van der Waals surface area contributed by atoms with Crippen LogP contribution in [-0.2, 0) is 11.3 Å². The van der Waals surface area contributed by atoms with E-state index >= 15 is 0 Å². The van der Waals surface area contributed by atoms with Gasteiger partial charge in [0.05, 0.1) is 0 Å². The van der Waals surface area contributed by atoms with Crippen molar-refractivity contribution in [1.29, 1.82) is 0 Å². The SMILES string of the molecule is CC(C)(C)OC(=O)N1CC=C(c2ccc(OC[C@H]3CCn4cc([N+](=O)[O-])nc4O3)cc2)CC1. The summed E-state index contributed by atoms with van der Waals surface area (Å²) in [5.41, 5.74) is 1.78. The molecule has 3 heterocycles. The lowest BCUT2D eigenvalue weighted by Gasteiger charge is -2.29. The van der Waals surface area contributed by atoms with Gasteiger partial charge in [-0.05, 0) is 55.4 Å². The van der Waals surface area contributed by atoms with Gasteiger partial charge >= 0.3 is 17.9 Å². The number of aryl methyl sites for hydroxylation is 1. The molecule has 1 aromatic carbocycles. The third-order valence-electron chi connectivity index (χ3n) is 5.40. The predicted molar refractivity (Wildman–Crippen MR) is 120 cm³/mol. The first-order valence-electron chi connectivity index (χ1n) is 11.0. The summed E-state index contributed by atoms with van der Waals surface area (Å²) in [6, 6.07) is 8.07. The van der Waals surface area contributed by atoms with E-state index in [4.69, 9.17) is 14.2 Å². The number of aromatic nitrogens is 2. The van der Waals surface area contributed by atoms with Crippen molar-refractivity contribution in [3.8, 4) is 11.8 Å². The molecular formula is C23H28N4O6. The zero-order valence-electron chi connectivity index (χ0n) is 19.0. The van der Waals surface area contributed by atoms with Crippen molar-refractivity contribution in [2.75, 3.05) is 19.7 Å². The number of ether oxygens (including phenoxy) is 3. The molecule has 0 fully saturated rings. The summed E-state index contributed by atoms with van der Waals surface area (Å²) in [5.74, 6) is 0.502. The summed E-state index contributed by atoms with van der Waals surface area (Å²) in [4.78, 5) is 28.2. The molecule has 176 valence electrons. The van der Waals surface area contributed by atoms with Crippen LogP contribution in [0.3, 0.4) is 0 Å². The first-order valence-corrected chi connectivity index (χ1v) is 11.0. The standard InChI is InChI=1S/C23H28N4O6/c1-23(2,3)33-22(28)25-11-8-17(9-12-25)16-4-6-18(7-5-16)31-15-19-10-13-26-14-20(27(29)30)24-21(26)32-19/h4-8,14,19H,9-13,15H2,1-3H3/t19-/m1/s1. The van der Waals surface area contributed by atoms with Crippen LogP contribution in [0.25, 0.3) is 5.57 Å². The first kappa shape index (κ1) is 22.6. The Morgan fingerprint density at radius 3 is 2.67 bits per heavy atom. The Bertz CT molecular complexity index is 1050. The number of fused-ring (bicyclic) bond motifs is 1. The average Bonchev–Trinajstić information content (AvgIpc) is 3.21. The van der Waals surface area contributed by atoms with Gasteiger partial charge in [-0.3, -0.25) is 4.57 Å². The fourth-order valence-corrected chi connectivity index (χ4v) is 3.71. The van der Waals surface area contributed by atoms with E-state index in [1.807, 2.05) is 45.0 Å². The van der Waals surface area contributed by atoms with Gasteiger partial charge < -0.3 is 29.2 Å². The zero-order valence-corrected chi connectivity index (χ0v) is 19.0. The fourth-order valence-electron chi connectivity index (χ4n) is 3.71. The van der Waals surface area contributed by atoms with Gasteiger partial charge in [0.1, 0.15) is 30.3 Å². The van der Waals surface area contributed by atoms with E-state index < -0.39 is 10.5 Å². The van der Waals surface area contributed by atoms with Crippen molar-refractivity contribution >= 4 is 17.5 Å². The summed E-state index contributed by atoms with van der Waals surface area (Å²) in [7, 11) is 0. The number of carbonyl (C=O) groups excluding carboxylic acids is 1. The van der Waals surface area contributed by atoms with Crippen molar-refractivity contribution in [1.82, 2.24) is 14.5 Å². The van der Waals surface area contributed by atoms with Gasteiger partial charge in [0.15, 0.2) is 0 Å². The monoisotopic (exact) mass is 456 g/mol. The third-order valence-corrected chi connectivity index (χ3v) is 5.40. The summed E-state index contributed by atoms with van der Waals surface area (Å²) in [5, 5.41) is 10.9. The lowest BCUT2D eigenvalue weighted by molar-refractivity contribution is -0.389. The Morgan fingerprint density at radius 2 is 2.03 bits per heavy atom. The van der Waals surface area contributed by atoms with Crippen molar-refractivity contribution < 1.29 is 23.9 Å². The van der Waals surface area contributed by atoms with Crippen LogP contribution < -0.4 is 9.47 Å². The number of benzene rings is 1. The highest BCUT2D eigenvalue weighted by Crippen LogP contribution is 2.27. The Labute approximate surface area is 191 Å². The highest BCUT2D eigenvalue weighted by molar-refractivity contribution is 5.72. The van der Waals surface area contributed by atoms with E-state index in [1.165, 1.54) is 11.8 Å².